The highest BCUT2D eigenvalue weighted by atomic mass is 19.1. The van der Waals surface area contributed by atoms with E-state index in [0.717, 1.165) is 6.07 Å². The third-order valence-electron chi connectivity index (χ3n) is 4.37. The molecule has 0 aliphatic carbocycles. The topological polar surface area (TPSA) is 127 Å². The van der Waals surface area contributed by atoms with E-state index in [1.807, 2.05) is 0 Å². The molecule has 10 heteroatoms. The maximum absolute atomic E-state index is 14.1. The number of hydrogen-bond donors (Lipinski definition) is 3. The molecule has 0 fully saturated rings. The van der Waals surface area contributed by atoms with Gasteiger partial charge < -0.3 is 20.4 Å². The van der Waals surface area contributed by atoms with E-state index in [2.05, 4.69) is 16.0 Å². The van der Waals surface area contributed by atoms with E-state index in [0.29, 0.717) is 11.4 Å². The molecule has 2 amide bonds. The lowest BCUT2D eigenvalue weighted by molar-refractivity contribution is -0.384. The van der Waals surface area contributed by atoms with Gasteiger partial charge in [0.2, 0.25) is 5.91 Å². The molecule has 0 atom stereocenters. The van der Waals surface area contributed by atoms with Gasteiger partial charge in [-0.05, 0) is 37.3 Å². The first kappa shape index (κ1) is 21.5. The van der Waals surface area contributed by atoms with Crippen molar-refractivity contribution in [1.82, 2.24) is 0 Å². The molecule has 31 heavy (non-hydrogen) atoms. The predicted octanol–water partition coefficient (Wildman–Crippen LogP) is 4.33. The van der Waals surface area contributed by atoms with Crippen molar-refractivity contribution in [3.8, 4) is 0 Å². The minimum absolute atomic E-state index is 0.0132. The van der Waals surface area contributed by atoms with Crippen molar-refractivity contribution in [1.29, 1.82) is 0 Å². The Labute approximate surface area is 176 Å². The van der Waals surface area contributed by atoms with Crippen LogP contribution in [0.3, 0.4) is 0 Å². The molecule has 0 radical (unpaired) electrons. The van der Waals surface area contributed by atoms with Crippen LogP contribution in [0.4, 0.5) is 27.1 Å². The van der Waals surface area contributed by atoms with Crippen LogP contribution >= 0.6 is 0 Å². The van der Waals surface area contributed by atoms with Gasteiger partial charge >= 0.3 is 0 Å². The molecule has 0 aliphatic heterocycles. The molecular formula is C21H19FN4O5. The zero-order valence-electron chi connectivity index (χ0n) is 16.5. The van der Waals surface area contributed by atoms with Crippen molar-refractivity contribution in [2.45, 2.75) is 13.3 Å². The SMILES string of the molecule is Cc1occc1C(=O)Nc1cc(NC(=O)CCNc2ccccc2[N+](=O)[O-])ccc1F. The lowest BCUT2D eigenvalue weighted by Gasteiger charge is -2.10. The van der Waals surface area contributed by atoms with E-state index in [1.165, 1.54) is 30.5 Å². The largest absolute Gasteiger partial charge is 0.469 e. The number of nitrogens with zero attached hydrogens (tertiary/aromatic N) is 1. The van der Waals surface area contributed by atoms with Gasteiger partial charge in [-0.3, -0.25) is 19.7 Å². The predicted molar refractivity (Wildman–Crippen MR) is 113 cm³/mol. The number of nitro benzene ring substituents is 1. The number of anilines is 3. The summed E-state index contributed by atoms with van der Waals surface area (Å²) in [6.45, 7) is 1.77. The second-order valence-corrected chi connectivity index (χ2v) is 6.54. The summed E-state index contributed by atoms with van der Waals surface area (Å²) in [7, 11) is 0. The van der Waals surface area contributed by atoms with E-state index < -0.39 is 16.6 Å². The number of rotatable bonds is 8. The molecule has 1 heterocycles. The van der Waals surface area contributed by atoms with Gasteiger partial charge in [-0.15, -0.1) is 0 Å². The fraction of sp³-hybridized carbons (Fsp3) is 0.143. The number of aryl methyl sites for hydroxylation is 1. The first-order chi connectivity index (χ1) is 14.8. The highest BCUT2D eigenvalue weighted by Gasteiger charge is 2.15. The Morgan fingerprint density at radius 3 is 2.58 bits per heavy atom. The van der Waals surface area contributed by atoms with Gasteiger partial charge in [0.25, 0.3) is 11.6 Å². The number of carbonyl (C=O) groups is 2. The molecule has 0 spiro atoms. The highest BCUT2D eigenvalue weighted by Crippen LogP contribution is 2.23. The third-order valence-corrected chi connectivity index (χ3v) is 4.37. The average Bonchev–Trinajstić information content (AvgIpc) is 3.16. The molecule has 9 nitrogen and oxygen atoms in total. The van der Waals surface area contributed by atoms with Crippen LogP contribution in [-0.2, 0) is 4.79 Å². The Morgan fingerprint density at radius 2 is 1.87 bits per heavy atom. The van der Waals surface area contributed by atoms with Gasteiger partial charge in [0.15, 0.2) is 0 Å². The quantitative estimate of drug-likeness (QED) is 0.364. The molecular weight excluding hydrogens is 407 g/mol. The lowest BCUT2D eigenvalue weighted by Crippen LogP contribution is -2.17. The Balaban J connectivity index is 1.58. The Bertz CT molecular complexity index is 1130. The van der Waals surface area contributed by atoms with Crippen molar-refractivity contribution in [3.05, 3.63) is 82.0 Å². The maximum atomic E-state index is 14.1. The Kier molecular flexibility index (Phi) is 6.61. The third kappa shape index (κ3) is 5.44. The van der Waals surface area contributed by atoms with E-state index in [-0.39, 0.29) is 41.5 Å². The molecule has 3 rings (SSSR count). The van der Waals surface area contributed by atoms with Crippen LogP contribution in [0.5, 0.6) is 0 Å². The average molecular weight is 426 g/mol. The summed E-state index contributed by atoms with van der Waals surface area (Å²) in [4.78, 5) is 34.9. The van der Waals surface area contributed by atoms with E-state index in [1.54, 1.807) is 25.1 Å². The number of para-hydroxylation sites is 2. The van der Waals surface area contributed by atoms with Gasteiger partial charge in [-0.2, -0.15) is 0 Å². The highest BCUT2D eigenvalue weighted by molar-refractivity contribution is 6.05. The summed E-state index contributed by atoms with van der Waals surface area (Å²) < 4.78 is 19.2. The second-order valence-electron chi connectivity index (χ2n) is 6.54. The van der Waals surface area contributed by atoms with Gasteiger partial charge in [0, 0.05) is 24.7 Å². The smallest absolute Gasteiger partial charge is 0.292 e. The number of nitrogens with one attached hydrogen (secondary N) is 3. The van der Waals surface area contributed by atoms with Gasteiger partial charge in [-0.25, -0.2) is 4.39 Å². The zero-order chi connectivity index (χ0) is 22.4. The molecule has 0 aliphatic rings. The second kappa shape index (κ2) is 9.53. The first-order valence-corrected chi connectivity index (χ1v) is 9.27. The van der Waals surface area contributed by atoms with E-state index >= 15 is 0 Å². The molecule has 0 saturated carbocycles. The number of hydrogen-bond acceptors (Lipinski definition) is 6. The number of benzene rings is 2. The van der Waals surface area contributed by atoms with Crippen molar-refractivity contribution >= 4 is 34.6 Å². The lowest BCUT2D eigenvalue weighted by atomic mass is 10.2. The van der Waals surface area contributed by atoms with Crippen LogP contribution in [0.1, 0.15) is 22.5 Å². The number of nitro groups is 1. The molecule has 2 aromatic carbocycles. The minimum Gasteiger partial charge on any atom is -0.469 e. The van der Waals surface area contributed by atoms with E-state index in [9.17, 15) is 24.1 Å². The normalized spacial score (nSPS) is 10.4. The van der Waals surface area contributed by atoms with Crippen molar-refractivity contribution in [3.63, 3.8) is 0 Å². The van der Waals surface area contributed by atoms with Crippen LogP contribution in [-0.4, -0.2) is 23.3 Å². The van der Waals surface area contributed by atoms with Crippen LogP contribution in [0, 0.1) is 22.9 Å². The van der Waals surface area contributed by atoms with E-state index in [4.69, 9.17) is 4.42 Å². The first-order valence-electron chi connectivity index (χ1n) is 9.27. The van der Waals surface area contributed by atoms with Gasteiger partial charge in [0.1, 0.15) is 17.3 Å². The summed E-state index contributed by atoms with van der Waals surface area (Å²) >= 11 is 0. The summed E-state index contributed by atoms with van der Waals surface area (Å²) in [5.74, 6) is -1.19. The molecule has 0 unspecified atom stereocenters. The molecule has 0 saturated heterocycles. The summed E-state index contributed by atoms with van der Waals surface area (Å²) in [5.41, 5.74) is 0.684. The summed E-state index contributed by atoms with van der Waals surface area (Å²) in [5, 5.41) is 18.9. The number of halogens is 1. The fourth-order valence-corrected chi connectivity index (χ4v) is 2.83. The Morgan fingerprint density at radius 1 is 1.10 bits per heavy atom. The standard InChI is InChI=1S/C21H19FN4O5/c1-13-15(9-11-31-13)21(28)25-18-12-14(6-7-16(18)22)24-20(27)8-10-23-17-4-2-3-5-19(17)26(29)30/h2-7,9,11-12,23H,8,10H2,1H3,(H,24,27)(H,25,28). The summed E-state index contributed by atoms with van der Waals surface area (Å²) in [6.07, 6.45) is 1.37. The number of furan rings is 1. The molecule has 3 N–H and O–H groups in total. The number of carbonyl (C=O) groups excluding carboxylic acids is 2. The molecule has 1 aromatic heterocycles. The molecule has 3 aromatic rings. The number of amides is 2. The van der Waals surface area contributed by atoms with Crippen molar-refractivity contribution in [2.75, 3.05) is 22.5 Å². The van der Waals surface area contributed by atoms with Crippen LogP contribution < -0.4 is 16.0 Å². The van der Waals surface area contributed by atoms with Crippen molar-refractivity contribution in [2.24, 2.45) is 0 Å². The minimum atomic E-state index is -0.662. The van der Waals surface area contributed by atoms with Crippen molar-refractivity contribution < 1.29 is 23.3 Å². The zero-order valence-corrected chi connectivity index (χ0v) is 16.5. The summed E-state index contributed by atoms with van der Waals surface area (Å²) in [6, 6.07) is 11.4. The van der Waals surface area contributed by atoms with Gasteiger partial charge in [-0.1, -0.05) is 12.1 Å². The maximum Gasteiger partial charge on any atom is 0.292 e. The van der Waals surface area contributed by atoms with Crippen LogP contribution in [0.25, 0.3) is 0 Å². The molecule has 0 bridgehead atoms. The fourth-order valence-electron chi connectivity index (χ4n) is 2.83. The molecule has 160 valence electrons. The van der Waals surface area contributed by atoms with Crippen LogP contribution in [0.2, 0.25) is 0 Å². The van der Waals surface area contributed by atoms with Gasteiger partial charge in [0.05, 0.1) is 22.4 Å². The monoisotopic (exact) mass is 426 g/mol. The van der Waals surface area contributed by atoms with Crippen LogP contribution in [0.15, 0.2) is 59.2 Å². The Hall–Kier alpha value is -4.21.